The van der Waals surface area contributed by atoms with Gasteiger partial charge in [0.1, 0.15) is 6.04 Å². The molecule has 1 rings (SSSR count). The molecule has 1 aromatic rings. The highest BCUT2D eigenvalue weighted by atomic mass is 16.5. The van der Waals surface area contributed by atoms with E-state index in [1.54, 1.807) is 12.3 Å². The molecule has 0 saturated carbocycles. The Kier molecular flexibility index (Phi) is 6.05. The SMILES string of the molecule is CCCOc1ccnc(NC(CC(C)C)C(=O)O)n1. The lowest BCUT2D eigenvalue weighted by Crippen LogP contribution is -2.31. The molecular weight excluding hydrogens is 246 g/mol. The van der Waals surface area contributed by atoms with Gasteiger partial charge in [0, 0.05) is 12.3 Å². The lowest BCUT2D eigenvalue weighted by Gasteiger charge is -2.16. The van der Waals surface area contributed by atoms with Gasteiger partial charge in [-0.25, -0.2) is 9.78 Å². The molecule has 2 N–H and O–H groups in total. The van der Waals surface area contributed by atoms with Crippen molar-refractivity contribution in [2.45, 2.75) is 39.7 Å². The van der Waals surface area contributed by atoms with Crippen molar-refractivity contribution in [1.82, 2.24) is 9.97 Å². The molecule has 0 radical (unpaired) electrons. The van der Waals surface area contributed by atoms with Crippen LogP contribution in [0.5, 0.6) is 5.88 Å². The maximum absolute atomic E-state index is 11.1. The summed E-state index contributed by atoms with van der Waals surface area (Å²) in [6.45, 7) is 6.52. The highest BCUT2D eigenvalue weighted by molar-refractivity contribution is 5.76. The fourth-order valence-corrected chi connectivity index (χ4v) is 1.55. The van der Waals surface area contributed by atoms with E-state index in [-0.39, 0.29) is 11.9 Å². The molecule has 1 heterocycles. The van der Waals surface area contributed by atoms with Crippen molar-refractivity contribution in [3.63, 3.8) is 0 Å². The second kappa shape index (κ2) is 7.56. The van der Waals surface area contributed by atoms with E-state index >= 15 is 0 Å². The number of anilines is 1. The number of hydrogen-bond acceptors (Lipinski definition) is 5. The first-order valence-electron chi connectivity index (χ1n) is 6.48. The van der Waals surface area contributed by atoms with E-state index in [0.29, 0.717) is 18.9 Å². The Morgan fingerprint density at radius 1 is 1.53 bits per heavy atom. The number of carboxylic acids is 1. The van der Waals surface area contributed by atoms with E-state index in [1.807, 2.05) is 20.8 Å². The highest BCUT2D eigenvalue weighted by Crippen LogP contribution is 2.13. The van der Waals surface area contributed by atoms with Crippen molar-refractivity contribution in [3.8, 4) is 5.88 Å². The van der Waals surface area contributed by atoms with Crippen LogP contribution < -0.4 is 10.1 Å². The van der Waals surface area contributed by atoms with E-state index in [0.717, 1.165) is 6.42 Å². The molecule has 1 atom stereocenters. The Balaban J connectivity index is 2.70. The first-order valence-corrected chi connectivity index (χ1v) is 6.48. The third-order valence-corrected chi connectivity index (χ3v) is 2.39. The quantitative estimate of drug-likeness (QED) is 0.751. The van der Waals surface area contributed by atoms with E-state index in [1.165, 1.54) is 0 Å². The molecule has 0 aliphatic carbocycles. The van der Waals surface area contributed by atoms with Crippen molar-refractivity contribution >= 4 is 11.9 Å². The van der Waals surface area contributed by atoms with Crippen LogP contribution in [-0.2, 0) is 4.79 Å². The zero-order chi connectivity index (χ0) is 14.3. The van der Waals surface area contributed by atoms with Crippen LogP contribution in [0.1, 0.15) is 33.6 Å². The van der Waals surface area contributed by atoms with E-state index in [4.69, 9.17) is 9.84 Å². The Hall–Kier alpha value is -1.85. The third kappa shape index (κ3) is 5.54. The van der Waals surface area contributed by atoms with Gasteiger partial charge in [-0.15, -0.1) is 0 Å². The van der Waals surface area contributed by atoms with Crippen LogP contribution in [0.2, 0.25) is 0 Å². The number of aromatic nitrogens is 2. The second-order valence-electron chi connectivity index (χ2n) is 4.73. The van der Waals surface area contributed by atoms with Crippen LogP contribution >= 0.6 is 0 Å². The number of ether oxygens (including phenoxy) is 1. The standard InChI is InChI=1S/C13H21N3O3/c1-4-7-19-11-5-6-14-13(16-11)15-10(12(17)18)8-9(2)3/h5-6,9-10H,4,7-8H2,1-3H3,(H,17,18)(H,14,15,16). The molecule has 19 heavy (non-hydrogen) atoms. The predicted molar refractivity (Wildman–Crippen MR) is 72.3 cm³/mol. The summed E-state index contributed by atoms with van der Waals surface area (Å²) in [4.78, 5) is 19.3. The van der Waals surface area contributed by atoms with Gasteiger partial charge >= 0.3 is 5.97 Å². The van der Waals surface area contributed by atoms with Crippen LogP contribution in [0.4, 0.5) is 5.95 Å². The van der Waals surface area contributed by atoms with Gasteiger partial charge in [-0.05, 0) is 18.8 Å². The minimum Gasteiger partial charge on any atom is -0.480 e. The monoisotopic (exact) mass is 267 g/mol. The maximum atomic E-state index is 11.1. The van der Waals surface area contributed by atoms with Gasteiger partial charge in [0.2, 0.25) is 11.8 Å². The summed E-state index contributed by atoms with van der Waals surface area (Å²) in [5.41, 5.74) is 0. The fourth-order valence-electron chi connectivity index (χ4n) is 1.55. The van der Waals surface area contributed by atoms with Crippen LogP contribution in [0.15, 0.2) is 12.3 Å². The van der Waals surface area contributed by atoms with Crippen LogP contribution in [0.3, 0.4) is 0 Å². The van der Waals surface area contributed by atoms with Crippen LogP contribution in [0, 0.1) is 5.92 Å². The summed E-state index contributed by atoms with van der Waals surface area (Å²) in [5, 5.41) is 12.0. The number of aliphatic carboxylic acids is 1. The van der Waals surface area contributed by atoms with Crippen molar-refractivity contribution in [1.29, 1.82) is 0 Å². The Morgan fingerprint density at radius 2 is 2.26 bits per heavy atom. The summed E-state index contributed by atoms with van der Waals surface area (Å²) in [7, 11) is 0. The fraction of sp³-hybridized carbons (Fsp3) is 0.615. The molecule has 0 bridgehead atoms. The van der Waals surface area contributed by atoms with Gasteiger partial charge < -0.3 is 15.2 Å². The zero-order valence-corrected chi connectivity index (χ0v) is 11.6. The van der Waals surface area contributed by atoms with E-state index in [2.05, 4.69) is 15.3 Å². The molecule has 0 aliphatic rings. The Labute approximate surface area is 113 Å². The van der Waals surface area contributed by atoms with Gasteiger partial charge in [0.25, 0.3) is 0 Å². The molecule has 1 unspecified atom stereocenters. The third-order valence-electron chi connectivity index (χ3n) is 2.39. The molecule has 1 aromatic heterocycles. The maximum Gasteiger partial charge on any atom is 0.326 e. The van der Waals surface area contributed by atoms with Crippen molar-refractivity contribution in [3.05, 3.63) is 12.3 Å². The Bertz CT molecular complexity index is 410. The van der Waals surface area contributed by atoms with Gasteiger partial charge in [-0.2, -0.15) is 4.98 Å². The number of hydrogen-bond donors (Lipinski definition) is 2. The topological polar surface area (TPSA) is 84.3 Å². The van der Waals surface area contributed by atoms with E-state index in [9.17, 15) is 4.79 Å². The smallest absolute Gasteiger partial charge is 0.326 e. The van der Waals surface area contributed by atoms with Crippen LogP contribution in [-0.4, -0.2) is 33.7 Å². The largest absolute Gasteiger partial charge is 0.480 e. The molecule has 0 saturated heterocycles. The number of carboxylic acid groups (broad SMARTS) is 1. The van der Waals surface area contributed by atoms with Gasteiger partial charge in [-0.1, -0.05) is 20.8 Å². The van der Waals surface area contributed by atoms with Gasteiger partial charge in [-0.3, -0.25) is 0 Å². The number of carbonyl (C=O) groups is 1. The number of rotatable bonds is 8. The molecule has 0 spiro atoms. The minimum absolute atomic E-state index is 0.271. The summed E-state index contributed by atoms with van der Waals surface area (Å²) < 4.78 is 5.38. The normalized spacial score (nSPS) is 12.2. The molecule has 106 valence electrons. The molecule has 6 heteroatoms. The lowest BCUT2D eigenvalue weighted by molar-refractivity contribution is -0.138. The van der Waals surface area contributed by atoms with Crippen molar-refractivity contribution in [2.75, 3.05) is 11.9 Å². The molecule has 6 nitrogen and oxygen atoms in total. The van der Waals surface area contributed by atoms with Gasteiger partial charge in [0.05, 0.1) is 6.61 Å². The van der Waals surface area contributed by atoms with E-state index < -0.39 is 12.0 Å². The molecular formula is C13H21N3O3. The number of nitrogens with zero attached hydrogens (tertiary/aromatic N) is 2. The summed E-state index contributed by atoms with van der Waals surface area (Å²) in [6.07, 6.45) is 2.95. The summed E-state index contributed by atoms with van der Waals surface area (Å²) >= 11 is 0. The summed E-state index contributed by atoms with van der Waals surface area (Å²) in [6, 6.07) is 0.959. The lowest BCUT2D eigenvalue weighted by atomic mass is 10.0. The first-order chi connectivity index (χ1) is 9.02. The number of nitrogens with one attached hydrogen (secondary N) is 1. The molecule has 0 aliphatic heterocycles. The first kappa shape index (κ1) is 15.2. The zero-order valence-electron chi connectivity index (χ0n) is 11.6. The molecule has 0 fully saturated rings. The molecule has 0 aromatic carbocycles. The second-order valence-corrected chi connectivity index (χ2v) is 4.73. The predicted octanol–water partition coefficient (Wildman–Crippen LogP) is 2.18. The average molecular weight is 267 g/mol. The average Bonchev–Trinajstić information content (AvgIpc) is 2.35. The minimum atomic E-state index is -0.905. The van der Waals surface area contributed by atoms with Crippen molar-refractivity contribution < 1.29 is 14.6 Å². The van der Waals surface area contributed by atoms with Crippen LogP contribution in [0.25, 0.3) is 0 Å². The van der Waals surface area contributed by atoms with Gasteiger partial charge in [0.15, 0.2) is 0 Å². The highest BCUT2D eigenvalue weighted by Gasteiger charge is 2.19. The Morgan fingerprint density at radius 3 is 2.84 bits per heavy atom. The summed E-state index contributed by atoms with van der Waals surface area (Å²) in [5.74, 6) is 0.0972. The molecule has 0 amide bonds. The van der Waals surface area contributed by atoms with Crippen molar-refractivity contribution in [2.24, 2.45) is 5.92 Å².